The van der Waals surface area contributed by atoms with E-state index in [-0.39, 0.29) is 11.6 Å². The molecule has 0 spiro atoms. The lowest BCUT2D eigenvalue weighted by atomic mass is 9.90. The van der Waals surface area contributed by atoms with Gasteiger partial charge in [0, 0.05) is 6.42 Å². The van der Waals surface area contributed by atoms with Gasteiger partial charge in [-0.2, -0.15) is 0 Å². The minimum Gasteiger partial charge on any atom is -0.305 e. The van der Waals surface area contributed by atoms with Crippen molar-refractivity contribution >= 4 is 5.78 Å². The lowest BCUT2D eigenvalue weighted by molar-refractivity contribution is -0.123. The maximum atomic E-state index is 13.0. The van der Waals surface area contributed by atoms with Crippen LogP contribution in [0.2, 0.25) is 0 Å². The highest BCUT2D eigenvalue weighted by Crippen LogP contribution is 2.21. The van der Waals surface area contributed by atoms with E-state index < -0.39 is 5.54 Å². The van der Waals surface area contributed by atoms with E-state index in [1.54, 1.807) is 12.1 Å². The van der Waals surface area contributed by atoms with Gasteiger partial charge in [0.1, 0.15) is 5.82 Å². The van der Waals surface area contributed by atoms with E-state index in [1.807, 2.05) is 6.92 Å². The fourth-order valence-electron chi connectivity index (χ4n) is 2.16. The standard InChI is InChI=1S/C13H16FNO/c1-13(6-3-7-15-13)12(16)9-10-4-2-5-11(14)8-10/h2,4-5,8,15H,3,6-7,9H2,1H3. The summed E-state index contributed by atoms with van der Waals surface area (Å²) < 4.78 is 13.0. The maximum Gasteiger partial charge on any atom is 0.156 e. The molecule has 1 aliphatic heterocycles. The molecule has 0 aliphatic carbocycles. The van der Waals surface area contributed by atoms with Crippen molar-refractivity contribution in [3.8, 4) is 0 Å². The van der Waals surface area contributed by atoms with Gasteiger partial charge in [0.05, 0.1) is 5.54 Å². The predicted octanol–water partition coefficient (Wildman–Crippen LogP) is 2.08. The third kappa shape index (κ3) is 2.30. The Morgan fingerprint density at radius 1 is 1.56 bits per heavy atom. The normalized spacial score (nSPS) is 24.6. The predicted molar refractivity (Wildman–Crippen MR) is 60.8 cm³/mol. The van der Waals surface area contributed by atoms with Gasteiger partial charge in [-0.3, -0.25) is 4.79 Å². The molecule has 1 heterocycles. The molecule has 0 bridgehead atoms. The first-order valence-electron chi connectivity index (χ1n) is 5.63. The molecule has 0 aromatic heterocycles. The van der Waals surface area contributed by atoms with Crippen molar-refractivity contribution in [3.05, 3.63) is 35.6 Å². The summed E-state index contributed by atoms with van der Waals surface area (Å²) in [5, 5.41) is 3.22. The van der Waals surface area contributed by atoms with Crippen LogP contribution >= 0.6 is 0 Å². The molecule has 1 fully saturated rings. The van der Waals surface area contributed by atoms with Crippen molar-refractivity contribution in [1.82, 2.24) is 5.32 Å². The fraction of sp³-hybridized carbons (Fsp3) is 0.462. The van der Waals surface area contributed by atoms with E-state index in [1.165, 1.54) is 12.1 Å². The van der Waals surface area contributed by atoms with E-state index in [9.17, 15) is 9.18 Å². The molecule has 1 atom stereocenters. The number of carbonyl (C=O) groups excluding carboxylic acids is 1. The molecular formula is C13H16FNO. The summed E-state index contributed by atoms with van der Waals surface area (Å²) in [5.74, 6) is -0.134. The smallest absolute Gasteiger partial charge is 0.156 e. The molecule has 0 saturated carbocycles. The van der Waals surface area contributed by atoms with Gasteiger partial charge in [0.25, 0.3) is 0 Å². The zero-order valence-electron chi connectivity index (χ0n) is 9.42. The molecule has 0 amide bonds. The molecule has 86 valence electrons. The van der Waals surface area contributed by atoms with E-state index >= 15 is 0 Å². The van der Waals surface area contributed by atoms with E-state index in [0.29, 0.717) is 6.42 Å². The Balaban J connectivity index is 2.07. The van der Waals surface area contributed by atoms with Crippen molar-refractivity contribution < 1.29 is 9.18 Å². The fourth-order valence-corrected chi connectivity index (χ4v) is 2.16. The number of hydrogen-bond donors (Lipinski definition) is 1. The average molecular weight is 221 g/mol. The maximum absolute atomic E-state index is 13.0. The van der Waals surface area contributed by atoms with Gasteiger partial charge < -0.3 is 5.32 Å². The van der Waals surface area contributed by atoms with Crippen LogP contribution < -0.4 is 5.32 Å². The first-order chi connectivity index (χ1) is 7.60. The number of nitrogens with one attached hydrogen (secondary N) is 1. The Labute approximate surface area is 94.9 Å². The van der Waals surface area contributed by atoms with Gasteiger partial charge in [-0.05, 0) is 44.0 Å². The van der Waals surface area contributed by atoms with Crippen molar-refractivity contribution in [3.63, 3.8) is 0 Å². The van der Waals surface area contributed by atoms with Crippen LogP contribution in [0.25, 0.3) is 0 Å². The molecule has 2 rings (SSSR count). The van der Waals surface area contributed by atoms with Gasteiger partial charge in [-0.15, -0.1) is 0 Å². The highest BCUT2D eigenvalue weighted by atomic mass is 19.1. The lowest BCUT2D eigenvalue weighted by Gasteiger charge is -2.22. The van der Waals surface area contributed by atoms with E-state index in [0.717, 1.165) is 24.9 Å². The van der Waals surface area contributed by atoms with Crippen LogP contribution in [0.1, 0.15) is 25.3 Å². The van der Waals surface area contributed by atoms with E-state index in [2.05, 4.69) is 5.32 Å². The Hall–Kier alpha value is -1.22. The Kier molecular flexibility index (Phi) is 3.06. The summed E-state index contributed by atoms with van der Waals surface area (Å²) in [7, 11) is 0. The number of Topliss-reactive ketones (excluding diaryl/α,β-unsaturated/α-hetero) is 1. The Morgan fingerprint density at radius 3 is 3.00 bits per heavy atom. The lowest BCUT2D eigenvalue weighted by Crippen LogP contribution is -2.45. The number of carbonyl (C=O) groups is 1. The second-order valence-electron chi connectivity index (χ2n) is 4.59. The van der Waals surface area contributed by atoms with Crippen LogP contribution in [0.3, 0.4) is 0 Å². The van der Waals surface area contributed by atoms with Crippen LogP contribution in [0.4, 0.5) is 4.39 Å². The number of rotatable bonds is 3. The van der Waals surface area contributed by atoms with E-state index in [4.69, 9.17) is 0 Å². The zero-order chi connectivity index (χ0) is 11.6. The molecule has 1 aromatic carbocycles. The number of ketones is 1. The molecule has 16 heavy (non-hydrogen) atoms. The van der Waals surface area contributed by atoms with Crippen molar-refractivity contribution in [2.75, 3.05) is 6.54 Å². The molecule has 1 aromatic rings. The summed E-state index contributed by atoms with van der Waals surface area (Å²) in [6, 6.07) is 6.25. The SMILES string of the molecule is CC1(C(=O)Cc2cccc(F)c2)CCCN1. The summed E-state index contributed by atoms with van der Waals surface area (Å²) in [4.78, 5) is 12.1. The summed E-state index contributed by atoms with van der Waals surface area (Å²) in [6.07, 6.45) is 2.22. The summed E-state index contributed by atoms with van der Waals surface area (Å²) in [6.45, 7) is 2.83. The molecule has 2 nitrogen and oxygen atoms in total. The number of hydrogen-bond acceptors (Lipinski definition) is 2. The minimum atomic E-state index is -0.410. The molecule has 1 N–H and O–H groups in total. The van der Waals surface area contributed by atoms with Crippen LogP contribution in [0.5, 0.6) is 0 Å². The quantitative estimate of drug-likeness (QED) is 0.846. The zero-order valence-corrected chi connectivity index (χ0v) is 9.42. The highest BCUT2D eigenvalue weighted by Gasteiger charge is 2.35. The van der Waals surface area contributed by atoms with Gasteiger partial charge in [-0.25, -0.2) is 4.39 Å². The highest BCUT2D eigenvalue weighted by molar-refractivity contribution is 5.90. The first kappa shape index (κ1) is 11.3. The first-order valence-corrected chi connectivity index (χ1v) is 5.63. The Morgan fingerprint density at radius 2 is 2.38 bits per heavy atom. The second kappa shape index (κ2) is 4.34. The molecular weight excluding hydrogens is 205 g/mol. The second-order valence-corrected chi connectivity index (χ2v) is 4.59. The summed E-state index contributed by atoms with van der Waals surface area (Å²) >= 11 is 0. The summed E-state index contributed by atoms with van der Waals surface area (Å²) in [5.41, 5.74) is 0.340. The molecule has 1 aliphatic rings. The van der Waals surface area contributed by atoms with Gasteiger partial charge in [-0.1, -0.05) is 12.1 Å². The topological polar surface area (TPSA) is 29.1 Å². The van der Waals surface area contributed by atoms with Crippen LogP contribution in [0, 0.1) is 5.82 Å². The Bertz CT molecular complexity index is 397. The van der Waals surface area contributed by atoms with Crippen LogP contribution in [-0.4, -0.2) is 17.9 Å². The van der Waals surface area contributed by atoms with Gasteiger partial charge in [0.2, 0.25) is 0 Å². The van der Waals surface area contributed by atoms with Crippen molar-refractivity contribution in [2.45, 2.75) is 31.7 Å². The number of halogens is 1. The third-order valence-corrected chi connectivity index (χ3v) is 3.24. The van der Waals surface area contributed by atoms with Crippen LogP contribution in [-0.2, 0) is 11.2 Å². The molecule has 0 radical (unpaired) electrons. The molecule has 3 heteroatoms. The van der Waals surface area contributed by atoms with Gasteiger partial charge >= 0.3 is 0 Å². The number of benzene rings is 1. The molecule has 1 saturated heterocycles. The van der Waals surface area contributed by atoms with Crippen LogP contribution in [0.15, 0.2) is 24.3 Å². The third-order valence-electron chi connectivity index (χ3n) is 3.24. The average Bonchev–Trinajstić information content (AvgIpc) is 2.66. The van der Waals surface area contributed by atoms with Crippen molar-refractivity contribution in [1.29, 1.82) is 0 Å². The molecule has 1 unspecified atom stereocenters. The largest absolute Gasteiger partial charge is 0.305 e. The van der Waals surface area contributed by atoms with Gasteiger partial charge in [0.15, 0.2) is 5.78 Å². The minimum absolute atomic E-state index is 0.149. The monoisotopic (exact) mass is 221 g/mol. The van der Waals surface area contributed by atoms with Crippen molar-refractivity contribution in [2.24, 2.45) is 0 Å².